The van der Waals surface area contributed by atoms with Crippen molar-refractivity contribution in [3.63, 3.8) is 0 Å². The Balaban J connectivity index is 2.23. The fourth-order valence-electron chi connectivity index (χ4n) is 3.28. The molecule has 1 aliphatic rings. The highest BCUT2D eigenvalue weighted by Gasteiger charge is 2.34. The summed E-state index contributed by atoms with van der Waals surface area (Å²) in [7, 11) is -7.34. The average molecular weight is 433 g/mol. The number of rotatable bonds is 7. The third-order valence-electron chi connectivity index (χ3n) is 4.84. The molecule has 0 radical (unpaired) electrons. The lowest BCUT2D eigenvalue weighted by molar-refractivity contribution is 0.100. The van der Waals surface area contributed by atoms with Gasteiger partial charge in [0.05, 0.1) is 21.6 Å². The van der Waals surface area contributed by atoms with Crippen molar-refractivity contribution >= 4 is 26.0 Å². The third-order valence-corrected chi connectivity index (χ3v) is 9.09. The Morgan fingerprint density at radius 1 is 1.07 bits per heavy atom. The predicted octanol–water partition coefficient (Wildman–Crippen LogP) is 2.11. The fourth-order valence-corrected chi connectivity index (χ4v) is 6.49. The number of nitrogens with zero attached hydrogens (tertiary/aromatic N) is 2. The maximum absolute atomic E-state index is 13.0. The molecule has 1 aromatic carbocycles. The largest absolute Gasteiger partial charge is 0.450 e. The van der Waals surface area contributed by atoms with Gasteiger partial charge in [-0.2, -0.15) is 4.31 Å². The van der Waals surface area contributed by atoms with E-state index in [4.69, 9.17) is 4.74 Å². The molecule has 2 rings (SSSR count). The summed E-state index contributed by atoms with van der Waals surface area (Å²) in [6.45, 7) is 6.64. The van der Waals surface area contributed by atoms with Crippen LogP contribution in [0.4, 0.5) is 4.79 Å². The molecule has 0 aromatic heterocycles. The molecule has 158 valence electrons. The summed E-state index contributed by atoms with van der Waals surface area (Å²) in [6, 6.07) is 5.31. The second-order valence-electron chi connectivity index (χ2n) is 6.51. The van der Waals surface area contributed by atoms with E-state index in [0.29, 0.717) is 32.5 Å². The molecule has 1 fully saturated rings. The molecule has 28 heavy (non-hydrogen) atoms. The molecule has 0 N–H and O–H groups in total. The van der Waals surface area contributed by atoms with Crippen molar-refractivity contribution < 1.29 is 26.4 Å². The summed E-state index contributed by atoms with van der Waals surface area (Å²) in [5, 5.41) is -0.740. The quantitative estimate of drug-likeness (QED) is 0.654. The molecule has 0 saturated carbocycles. The topological polar surface area (TPSA) is 101 Å². The van der Waals surface area contributed by atoms with Crippen LogP contribution in [0.1, 0.15) is 33.6 Å². The lowest BCUT2D eigenvalue weighted by atomic mass is 10.1. The van der Waals surface area contributed by atoms with E-state index < -0.39 is 31.2 Å². The molecule has 0 bridgehead atoms. The Morgan fingerprint density at radius 3 is 2.18 bits per heavy atom. The third kappa shape index (κ3) is 4.66. The second kappa shape index (κ2) is 9.23. The summed E-state index contributed by atoms with van der Waals surface area (Å²) in [5.74, 6) is 0. The van der Waals surface area contributed by atoms with Gasteiger partial charge in [0.1, 0.15) is 0 Å². The van der Waals surface area contributed by atoms with Crippen molar-refractivity contribution in [1.29, 1.82) is 0 Å². The molecular formula is C18H28N2O6S2. The number of benzene rings is 1. The Hall–Kier alpha value is -1.65. The summed E-state index contributed by atoms with van der Waals surface area (Å²) < 4.78 is 57.4. The molecule has 1 unspecified atom stereocenters. The summed E-state index contributed by atoms with van der Waals surface area (Å²) in [5.41, 5.74) is 0. The zero-order chi connectivity index (χ0) is 20.9. The molecule has 1 aliphatic heterocycles. The van der Waals surface area contributed by atoms with Gasteiger partial charge in [-0.3, -0.25) is 0 Å². The first-order valence-electron chi connectivity index (χ1n) is 9.44. The lowest BCUT2D eigenvalue weighted by Crippen LogP contribution is -2.45. The van der Waals surface area contributed by atoms with Gasteiger partial charge >= 0.3 is 6.09 Å². The van der Waals surface area contributed by atoms with Crippen LogP contribution in [0.15, 0.2) is 34.1 Å². The summed E-state index contributed by atoms with van der Waals surface area (Å²) in [4.78, 5) is 13.5. The Kier molecular flexibility index (Phi) is 7.46. The number of piperidine rings is 1. The molecule has 1 amide bonds. The van der Waals surface area contributed by atoms with Crippen molar-refractivity contribution in [2.45, 2.75) is 48.7 Å². The van der Waals surface area contributed by atoms with Gasteiger partial charge in [0.25, 0.3) is 0 Å². The van der Waals surface area contributed by atoms with Gasteiger partial charge < -0.3 is 9.64 Å². The van der Waals surface area contributed by atoms with Gasteiger partial charge in [-0.05, 0) is 44.0 Å². The van der Waals surface area contributed by atoms with Crippen LogP contribution in [-0.2, 0) is 24.6 Å². The number of hydrogen-bond acceptors (Lipinski definition) is 6. The van der Waals surface area contributed by atoms with Gasteiger partial charge in [0.15, 0.2) is 9.84 Å². The van der Waals surface area contributed by atoms with Crippen molar-refractivity contribution in [3.05, 3.63) is 24.3 Å². The molecule has 1 saturated heterocycles. The van der Waals surface area contributed by atoms with Gasteiger partial charge in [0.2, 0.25) is 10.0 Å². The van der Waals surface area contributed by atoms with Crippen LogP contribution in [0.5, 0.6) is 0 Å². The van der Waals surface area contributed by atoms with E-state index in [1.807, 2.05) is 0 Å². The zero-order valence-electron chi connectivity index (χ0n) is 16.5. The van der Waals surface area contributed by atoms with Crippen LogP contribution >= 0.6 is 0 Å². The Morgan fingerprint density at radius 2 is 1.64 bits per heavy atom. The van der Waals surface area contributed by atoms with E-state index in [9.17, 15) is 21.6 Å². The molecule has 1 aromatic rings. The van der Waals surface area contributed by atoms with Crippen LogP contribution in [0.25, 0.3) is 0 Å². The van der Waals surface area contributed by atoms with Crippen LogP contribution in [0.3, 0.4) is 0 Å². The highest BCUT2D eigenvalue weighted by atomic mass is 32.2. The standard InChI is InChI=1S/C18H28N2O6S2/c1-4-20(5-2)28(24,25)16-11-9-15(10-12-16)27(22,23)17-8-7-13-19(14-17)18(21)26-6-3/h9-12,17H,4-8,13-14H2,1-3H3. The average Bonchev–Trinajstić information content (AvgIpc) is 2.69. The van der Waals surface area contributed by atoms with E-state index in [1.165, 1.54) is 33.5 Å². The number of hydrogen-bond donors (Lipinski definition) is 0. The van der Waals surface area contributed by atoms with Gasteiger partial charge in [0, 0.05) is 26.2 Å². The normalized spacial score (nSPS) is 18.3. The van der Waals surface area contributed by atoms with E-state index in [1.54, 1.807) is 20.8 Å². The number of sulfonamides is 1. The minimum Gasteiger partial charge on any atom is -0.450 e. The Labute approximate surface area is 167 Å². The number of amides is 1. The van der Waals surface area contributed by atoms with E-state index in [-0.39, 0.29) is 22.9 Å². The lowest BCUT2D eigenvalue weighted by Gasteiger charge is -2.31. The Bertz CT molecular complexity index is 877. The molecule has 10 heteroatoms. The minimum atomic E-state index is -3.69. The number of likely N-dealkylation sites (tertiary alicyclic amines) is 1. The molecule has 0 spiro atoms. The van der Waals surface area contributed by atoms with Crippen LogP contribution in [-0.4, -0.2) is 70.2 Å². The van der Waals surface area contributed by atoms with Crippen molar-refractivity contribution in [2.24, 2.45) is 0 Å². The van der Waals surface area contributed by atoms with Gasteiger partial charge in [-0.15, -0.1) is 0 Å². The molecule has 1 heterocycles. The van der Waals surface area contributed by atoms with Crippen LogP contribution < -0.4 is 0 Å². The van der Waals surface area contributed by atoms with Gasteiger partial charge in [-0.1, -0.05) is 13.8 Å². The van der Waals surface area contributed by atoms with Crippen molar-refractivity contribution in [3.8, 4) is 0 Å². The minimum absolute atomic E-state index is 0.0571. The highest BCUT2D eigenvalue weighted by molar-refractivity contribution is 7.92. The maximum Gasteiger partial charge on any atom is 0.409 e. The van der Waals surface area contributed by atoms with Crippen molar-refractivity contribution in [2.75, 3.05) is 32.8 Å². The summed E-state index contributed by atoms with van der Waals surface area (Å²) >= 11 is 0. The smallest absolute Gasteiger partial charge is 0.409 e. The van der Waals surface area contributed by atoms with E-state index in [0.717, 1.165) is 0 Å². The first kappa shape index (κ1) is 22.6. The maximum atomic E-state index is 13.0. The van der Waals surface area contributed by atoms with Crippen LogP contribution in [0.2, 0.25) is 0 Å². The number of carbonyl (C=O) groups excluding carboxylic acids is 1. The second-order valence-corrected chi connectivity index (χ2v) is 10.7. The monoisotopic (exact) mass is 432 g/mol. The zero-order valence-corrected chi connectivity index (χ0v) is 18.1. The van der Waals surface area contributed by atoms with E-state index >= 15 is 0 Å². The summed E-state index contributed by atoms with van der Waals surface area (Å²) in [6.07, 6.45) is 0.498. The SMILES string of the molecule is CCOC(=O)N1CCCC(S(=O)(=O)c2ccc(S(=O)(=O)N(CC)CC)cc2)C1. The molecule has 1 atom stereocenters. The first-order chi connectivity index (χ1) is 13.2. The fraction of sp³-hybridized carbons (Fsp3) is 0.611. The van der Waals surface area contributed by atoms with Crippen molar-refractivity contribution in [1.82, 2.24) is 9.21 Å². The number of carbonyl (C=O) groups is 1. The predicted molar refractivity (Wildman–Crippen MR) is 105 cm³/mol. The molecule has 8 nitrogen and oxygen atoms in total. The molecular weight excluding hydrogens is 404 g/mol. The van der Waals surface area contributed by atoms with Gasteiger partial charge in [-0.25, -0.2) is 21.6 Å². The highest BCUT2D eigenvalue weighted by Crippen LogP contribution is 2.26. The first-order valence-corrected chi connectivity index (χ1v) is 12.4. The van der Waals surface area contributed by atoms with E-state index in [2.05, 4.69) is 0 Å². The number of sulfone groups is 1. The van der Waals surface area contributed by atoms with Crippen LogP contribution in [0, 0.1) is 0 Å². The molecule has 0 aliphatic carbocycles. The number of ether oxygens (including phenoxy) is 1.